The molecule has 0 unspecified atom stereocenters. The topological polar surface area (TPSA) is 55.8 Å². The van der Waals surface area contributed by atoms with Gasteiger partial charge in [0.2, 0.25) is 0 Å². The third-order valence-electron chi connectivity index (χ3n) is 3.15. The monoisotopic (exact) mass is 299 g/mol. The number of nitrogens with zero attached hydrogens (tertiary/aromatic N) is 1. The van der Waals surface area contributed by atoms with E-state index >= 15 is 0 Å². The van der Waals surface area contributed by atoms with Crippen LogP contribution >= 0.6 is 0 Å². The van der Waals surface area contributed by atoms with E-state index in [0.29, 0.717) is 11.3 Å². The minimum atomic E-state index is -0.561. The number of anilines is 1. The highest BCUT2D eigenvalue weighted by Gasteiger charge is 2.14. The fourth-order valence-corrected chi connectivity index (χ4v) is 1.85. The summed E-state index contributed by atoms with van der Waals surface area (Å²) in [4.78, 5) is 25.4. The van der Waals surface area contributed by atoms with Gasteiger partial charge in [-0.1, -0.05) is 24.3 Å². The maximum Gasteiger partial charge on any atom is 0.338 e. The summed E-state index contributed by atoms with van der Waals surface area (Å²) < 4.78 is 10.1. The van der Waals surface area contributed by atoms with Crippen molar-refractivity contribution >= 4 is 17.6 Å². The van der Waals surface area contributed by atoms with E-state index in [2.05, 4.69) is 0 Å². The van der Waals surface area contributed by atoms with Crippen molar-refractivity contribution in [3.8, 4) is 5.75 Å². The van der Waals surface area contributed by atoms with Crippen LogP contribution in [0.3, 0.4) is 0 Å². The van der Waals surface area contributed by atoms with Crippen LogP contribution in [0, 0.1) is 0 Å². The highest BCUT2D eigenvalue weighted by molar-refractivity contribution is 5.96. The van der Waals surface area contributed by atoms with Gasteiger partial charge in [0.15, 0.2) is 6.61 Å². The molecule has 0 aliphatic rings. The second-order valence-electron chi connectivity index (χ2n) is 4.60. The first-order chi connectivity index (χ1) is 10.6. The van der Waals surface area contributed by atoms with Gasteiger partial charge in [0.25, 0.3) is 5.91 Å². The van der Waals surface area contributed by atoms with Crippen LogP contribution in [0.5, 0.6) is 5.75 Å². The van der Waals surface area contributed by atoms with Crippen LogP contribution in [0.2, 0.25) is 0 Å². The summed E-state index contributed by atoms with van der Waals surface area (Å²) in [5, 5.41) is 0. The van der Waals surface area contributed by atoms with Gasteiger partial charge in [0.05, 0.1) is 12.7 Å². The summed E-state index contributed by atoms with van der Waals surface area (Å²) in [5.41, 5.74) is 1.08. The Morgan fingerprint density at radius 2 is 1.77 bits per heavy atom. The molecule has 0 spiro atoms. The van der Waals surface area contributed by atoms with E-state index in [-0.39, 0.29) is 12.5 Å². The van der Waals surface area contributed by atoms with Gasteiger partial charge in [0, 0.05) is 12.7 Å². The number of hydrogen-bond acceptors (Lipinski definition) is 4. The number of esters is 1. The number of carbonyl (C=O) groups excluding carboxylic acids is 2. The number of ether oxygens (including phenoxy) is 2. The van der Waals surface area contributed by atoms with E-state index < -0.39 is 5.97 Å². The van der Waals surface area contributed by atoms with Crippen molar-refractivity contribution in [2.24, 2.45) is 0 Å². The second kappa shape index (κ2) is 7.26. The molecule has 2 aromatic carbocycles. The molecule has 5 heteroatoms. The summed E-state index contributed by atoms with van der Waals surface area (Å²) in [6, 6.07) is 15.7. The van der Waals surface area contributed by atoms with Crippen LogP contribution < -0.4 is 9.64 Å². The van der Waals surface area contributed by atoms with E-state index in [1.165, 1.54) is 12.0 Å². The molecule has 5 nitrogen and oxygen atoms in total. The van der Waals surface area contributed by atoms with Gasteiger partial charge in [-0.05, 0) is 30.3 Å². The first-order valence-electron chi connectivity index (χ1n) is 6.74. The lowest BCUT2D eigenvalue weighted by molar-refractivity contribution is -0.121. The molecule has 2 rings (SSSR count). The molecular formula is C17H17NO4. The largest absolute Gasteiger partial charge is 0.497 e. The highest BCUT2D eigenvalue weighted by atomic mass is 16.5. The summed E-state index contributed by atoms with van der Waals surface area (Å²) in [6.07, 6.45) is 0. The quantitative estimate of drug-likeness (QED) is 0.796. The number of carbonyl (C=O) groups is 2. The standard InChI is InChI=1S/C17H17NO4/c1-18(14-8-4-3-5-9-14)16(19)12-22-17(20)13-7-6-10-15(11-13)21-2/h3-11H,12H2,1-2H3. The molecule has 22 heavy (non-hydrogen) atoms. The minimum absolute atomic E-state index is 0.303. The Bertz CT molecular complexity index is 655. The van der Waals surface area contributed by atoms with E-state index in [4.69, 9.17) is 9.47 Å². The fourth-order valence-electron chi connectivity index (χ4n) is 1.85. The normalized spacial score (nSPS) is 9.91. The molecule has 0 bridgehead atoms. The molecule has 0 atom stereocenters. The zero-order valence-electron chi connectivity index (χ0n) is 12.5. The number of likely N-dealkylation sites (N-methyl/N-ethyl adjacent to an activating group) is 1. The van der Waals surface area contributed by atoms with E-state index in [0.717, 1.165) is 5.69 Å². The number of methoxy groups -OCH3 is 1. The number of benzene rings is 2. The van der Waals surface area contributed by atoms with Crippen molar-refractivity contribution in [2.45, 2.75) is 0 Å². The number of rotatable bonds is 5. The summed E-state index contributed by atoms with van der Waals surface area (Å²) in [7, 11) is 3.15. The van der Waals surface area contributed by atoms with Crippen LogP contribution in [-0.4, -0.2) is 32.6 Å². The van der Waals surface area contributed by atoms with Crippen molar-refractivity contribution < 1.29 is 19.1 Å². The van der Waals surface area contributed by atoms with Gasteiger partial charge >= 0.3 is 5.97 Å². The molecule has 0 saturated heterocycles. The lowest BCUT2D eigenvalue weighted by atomic mass is 10.2. The molecule has 1 amide bonds. The zero-order valence-corrected chi connectivity index (χ0v) is 12.5. The molecule has 0 saturated carbocycles. The van der Waals surface area contributed by atoms with Gasteiger partial charge < -0.3 is 14.4 Å². The predicted molar refractivity (Wildman–Crippen MR) is 83.1 cm³/mol. The fraction of sp³-hybridized carbons (Fsp3) is 0.176. The average molecular weight is 299 g/mol. The summed E-state index contributed by atoms with van der Waals surface area (Å²) >= 11 is 0. The molecule has 0 radical (unpaired) electrons. The van der Waals surface area contributed by atoms with Crippen molar-refractivity contribution in [1.82, 2.24) is 0 Å². The molecule has 0 aliphatic carbocycles. The molecule has 0 fully saturated rings. The van der Waals surface area contributed by atoms with Gasteiger partial charge in [-0.2, -0.15) is 0 Å². The first-order valence-corrected chi connectivity index (χ1v) is 6.74. The smallest absolute Gasteiger partial charge is 0.338 e. The molecule has 114 valence electrons. The maximum atomic E-state index is 12.0. The third-order valence-corrected chi connectivity index (χ3v) is 3.15. The van der Waals surface area contributed by atoms with Crippen molar-refractivity contribution in [3.05, 3.63) is 60.2 Å². The zero-order chi connectivity index (χ0) is 15.9. The van der Waals surface area contributed by atoms with Crippen LogP contribution in [0.15, 0.2) is 54.6 Å². The molecule has 0 N–H and O–H groups in total. The maximum absolute atomic E-state index is 12.0. The Morgan fingerprint density at radius 1 is 1.05 bits per heavy atom. The van der Waals surface area contributed by atoms with E-state index in [9.17, 15) is 9.59 Å². The van der Waals surface area contributed by atoms with Crippen molar-refractivity contribution in [3.63, 3.8) is 0 Å². The lowest BCUT2D eigenvalue weighted by Crippen LogP contribution is -2.31. The van der Waals surface area contributed by atoms with Gasteiger partial charge in [-0.3, -0.25) is 4.79 Å². The Hall–Kier alpha value is -2.82. The van der Waals surface area contributed by atoms with Gasteiger partial charge in [-0.15, -0.1) is 0 Å². The summed E-state index contributed by atoms with van der Waals surface area (Å²) in [6.45, 7) is -0.318. The van der Waals surface area contributed by atoms with Crippen molar-refractivity contribution in [1.29, 1.82) is 0 Å². The Kier molecular flexibility index (Phi) is 5.14. The average Bonchev–Trinajstić information content (AvgIpc) is 2.59. The van der Waals surface area contributed by atoms with Crippen molar-refractivity contribution in [2.75, 3.05) is 25.7 Å². The van der Waals surface area contributed by atoms with Gasteiger partial charge in [-0.25, -0.2) is 4.79 Å². The van der Waals surface area contributed by atoms with E-state index in [1.807, 2.05) is 30.3 Å². The summed E-state index contributed by atoms with van der Waals surface area (Å²) in [5.74, 6) is -0.307. The minimum Gasteiger partial charge on any atom is -0.497 e. The molecule has 0 heterocycles. The highest BCUT2D eigenvalue weighted by Crippen LogP contribution is 2.14. The van der Waals surface area contributed by atoms with Gasteiger partial charge in [0.1, 0.15) is 5.75 Å². The Balaban J connectivity index is 1.94. The Labute approximate surface area is 129 Å². The first kappa shape index (κ1) is 15.6. The number of hydrogen-bond donors (Lipinski definition) is 0. The van der Waals surface area contributed by atoms with Crippen LogP contribution in [0.4, 0.5) is 5.69 Å². The molecule has 2 aromatic rings. The Morgan fingerprint density at radius 3 is 2.45 bits per heavy atom. The third kappa shape index (κ3) is 3.85. The van der Waals surface area contributed by atoms with Crippen LogP contribution in [0.25, 0.3) is 0 Å². The van der Waals surface area contributed by atoms with Crippen LogP contribution in [0.1, 0.15) is 10.4 Å². The van der Waals surface area contributed by atoms with Crippen LogP contribution in [-0.2, 0) is 9.53 Å². The predicted octanol–water partition coefficient (Wildman–Crippen LogP) is 2.52. The molecular weight excluding hydrogens is 282 g/mol. The molecule has 0 aromatic heterocycles. The number of para-hydroxylation sites is 1. The molecule has 0 aliphatic heterocycles. The number of amides is 1. The van der Waals surface area contributed by atoms with E-state index in [1.54, 1.807) is 31.3 Å². The lowest BCUT2D eigenvalue weighted by Gasteiger charge is -2.17. The second-order valence-corrected chi connectivity index (χ2v) is 4.60. The SMILES string of the molecule is COc1cccc(C(=O)OCC(=O)N(C)c2ccccc2)c1.